The van der Waals surface area contributed by atoms with Crippen molar-refractivity contribution in [1.29, 1.82) is 0 Å². The van der Waals surface area contributed by atoms with E-state index in [2.05, 4.69) is 10.6 Å². The SMILES string of the molecule is C[C@@H]1CN([C@@H](C)CO)C(=O)Cc2cc(NC(=O)Cc3ccccc3)ccc2O[C@H]1CN(C)C(=O)Nc1ccc(C(F)(F)F)cc1. The number of rotatable bonds is 8. The van der Waals surface area contributed by atoms with Crippen molar-refractivity contribution < 1.29 is 37.4 Å². The van der Waals surface area contributed by atoms with Gasteiger partial charge in [-0.2, -0.15) is 13.2 Å². The van der Waals surface area contributed by atoms with Gasteiger partial charge in [-0.3, -0.25) is 9.59 Å². The minimum Gasteiger partial charge on any atom is -0.488 e. The van der Waals surface area contributed by atoms with Crippen LogP contribution in [-0.4, -0.2) is 71.6 Å². The smallest absolute Gasteiger partial charge is 0.416 e. The number of carbonyl (C=O) groups excluding carboxylic acids is 3. The number of aliphatic hydroxyl groups is 1. The van der Waals surface area contributed by atoms with Crippen LogP contribution in [0.5, 0.6) is 5.75 Å². The minimum absolute atomic E-state index is 0.0360. The summed E-state index contributed by atoms with van der Waals surface area (Å²) >= 11 is 0. The fourth-order valence-corrected chi connectivity index (χ4v) is 5.03. The summed E-state index contributed by atoms with van der Waals surface area (Å²) < 4.78 is 45.2. The molecule has 240 valence electrons. The molecule has 0 saturated carbocycles. The molecule has 4 amide bonds. The molecule has 3 atom stereocenters. The van der Waals surface area contributed by atoms with E-state index < -0.39 is 29.9 Å². The molecule has 3 aromatic rings. The number of likely N-dealkylation sites (N-methyl/N-ethyl adjacent to an activating group) is 1. The molecule has 45 heavy (non-hydrogen) atoms. The van der Waals surface area contributed by atoms with Crippen LogP contribution in [0.3, 0.4) is 0 Å². The van der Waals surface area contributed by atoms with Gasteiger partial charge in [0.25, 0.3) is 0 Å². The standard InChI is InChI=1S/C33H37F3N4O5/c1-21-18-40(22(2)20-41)31(43)17-24-16-27(37-30(42)15-23-7-5-4-6-8-23)13-14-28(24)45-29(21)19-39(3)32(44)38-26-11-9-25(10-12-26)33(34,35)36/h4-14,16,21-22,29,41H,15,17-20H2,1-3H3,(H,37,42)(H,38,44)/t21-,22+,29+/m1/s1. The molecule has 4 rings (SSSR count). The summed E-state index contributed by atoms with van der Waals surface area (Å²) in [4.78, 5) is 42.1. The Morgan fingerprint density at radius 2 is 1.71 bits per heavy atom. The normalized spacial score (nSPS) is 17.6. The average molecular weight is 627 g/mol. The third-order valence-corrected chi connectivity index (χ3v) is 7.67. The molecule has 1 aliphatic heterocycles. The zero-order valence-electron chi connectivity index (χ0n) is 25.3. The lowest BCUT2D eigenvalue weighted by molar-refractivity contribution is -0.137. The van der Waals surface area contributed by atoms with Gasteiger partial charge in [-0.1, -0.05) is 37.3 Å². The molecular formula is C33H37F3N4O5. The van der Waals surface area contributed by atoms with Crippen LogP contribution in [0, 0.1) is 5.92 Å². The van der Waals surface area contributed by atoms with Crippen LogP contribution in [0.4, 0.5) is 29.3 Å². The zero-order valence-corrected chi connectivity index (χ0v) is 25.3. The number of nitrogens with zero attached hydrogens (tertiary/aromatic N) is 2. The van der Waals surface area contributed by atoms with Crippen molar-refractivity contribution in [3.63, 3.8) is 0 Å². The molecule has 0 fully saturated rings. The highest BCUT2D eigenvalue weighted by Gasteiger charge is 2.32. The Balaban J connectivity index is 1.53. The van der Waals surface area contributed by atoms with E-state index in [-0.39, 0.29) is 56.0 Å². The molecule has 3 N–H and O–H groups in total. The molecule has 0 spiro atoms. The van der Waals surface area contributed by atoms with Crippen LogP contribution in [0.15, 0.2) is 72.8 Å². The van der Waals surface area contributed by atoms with E-state index in [0.29, 0.717) is 17.0 Å². The first kappa shape index (κ1) is 33.3. The maximum Gasteiger partial charge on any atom is 0.416 e. The minimum atomic E-state index is -4.49. The molecule has 0 radical (unpaired) electrons. The van der Waals surface area contributed by atoms with Crippen molar-refractivity contribution in [2.75, 3.05) is 37.4 Å². The second-order valence-corrected chi connectivity index (χ2v) is 11.3. The fraction of sp³-hybridized carbons (Fsp3) is 0.364. The van der Waals surface area contributed by atoms with E-state index in [0.717, 1.165) is 17.7 Å². The van der Waals surface area contributed by atoms with Crippen molar-refractivity contribution in [2.24, 2.45) is 5.92 Å². The molecule has 0 bridgehead atoms. The molecule has 0 aliphatic carbocycles. The van der Waals surface area contributed by atoms with Crippen LogP contribution in [-0.2, 0) is 28.6 Å². The molecule has 12 heteroatoms. The maximum atomic E-state index is 13.5. The number of aliphatic hydroxyl groups excluding tert-OH is 1. The summed E-state index contributed by atoms with van der Waals surface area (Å²) in [5.74, 6) is -0.328. The topological polar surface area (TPSA) is 111 Å². The van der Waals surface area contributed by atoms with Crippen LogP contribution in [0.1, 0.15) is 30.5 Å². The number of nitrogens with one attached hydrogen (secondary N) is 2. The molecule has 1 heterocycles. The number of ether oxygens (including phenoxy) is 1. The van der Waals surface area contributed by atoms with Crippen molar-refractivity contribution in [3.8, 4) is 5.75 Å². The van der Waals surface area contributed by atoms with Crippen LogP contribution in [0.25, 0.3) is 0 Å². The maximum absolute atomic E-state index is 13.5. The lowest BCUT2D eigenvalue weighted by atomic mass is 10.0. The van der Waals surface area contributed by atoms with E-state index in [1.54, 1.807) is 30.0 Å². The van der Waals surface area contributed by atoms with Gasteiger partial charge in [-0.25, -0.2) is 4.79 Å². The first-order valence-corrected chi connectivity index (χ1v) is 14.6. The van der Waals surface area contributed by atoms with Gasteiger partial charge in [0.15, 0.2) is 0 Å². The summed E-state index contributed by atoms with van der Waals surface area (Å²) in [6.07, 6.45) is -4.96. The molecule has 0 saturated heterocycles. The Morgan fingerprint density at radius 3 is 2.36 bits per heavy atom. The van der Waals surface area contributed by atoms with Gasteiger partial charge in [0.2, 0.25) is 11.8 Å². The molecule has 0 unspecified atom stereocenters. The number of anilines is 2. The molecule has 3 aromatic carbocycles. The largest absolute Gasteiger partial charge is 0.488 e. The lowest BCUT2D eigenvalue weighted by Gasteiger charge is -2.34. The van der Waals surface area contributed by atoms with Gasteiger partial charge in [0.05, 0.1) is 37.6 Å². The Kier molecular flexibility index (Phi) is 10.7. The monoisotopic (exact) mass is 626 g/mol. The van der Waals surface area contributed by atoms with Crippen LogP contribution in [0.2, 0.25) is 0 Å². The summed E-state index contributed by atoms with van der Waals surface area (Å²) in [6, 6.07) is 17.4. The van der Waals surface area contributed by atoms with Gasteiger partial charge >= 0.3 is 12.2 Å². The first-order valence-electron chi connectivity index (χ1n) is 14.6. The van der Waals surface area contributed by atoms with Gasteiger partial charge in [0.1, 0.15) is 11.9 Å². The predicted molar refractivity (Wildman–Crippen MR) is 164 cm³/mol. The summed E-state index contributed by atoms with van der Waals surface area (Å²) in [7, 11) is 1.54. The zero-order chi connectivity index (χ0) is 32.7. The van der Waals surface area contributed by atoms with Crippen molar-refractivity contribution >= 4 is 29.2 Å². The quantitative estimate of drug-likeness (QED) is 0.319. The number of benzene rings is 3. The molecule has 1 aliphatic rings. The lowest BCUT2D eigenvalue weighted by Crippen LogP contribution is -2.48. The van der Waals surface area contributed by atoms with Gasteiger partial charge in [-0.05, 0) is 55.0 Å². The number of amides is 4. The molecule has 0 aromatic heterocycles. The number of halogens is 3. The second-order valence-electron chi connectivity index (χ2n) is 11.3. The van der Waals surface area contributed by atoms with E-state index in [1.807, 2.05) is 37.3 Å². The number of alkyl halides is 3. The summed E-state index contributed by atoms with van der Waals surface area (Å²) in [5.41, 5.74) is 1.25. The number of carbonyl (C=O) groups is 3. The Morgan fingerprint density at radius 1 is 1.04 bits per heavy atom. The fourth-order valence-electron chi connectivity index (χ4n) is 5.03. The van der Waals surface area contributed by atoms with Gasteiger partial charge < -0.3 is 30.3 Å². The Bertz CT molecular complexity index is 1480. The number of fused-ring (bicyclic) bond motifs is 1. The molecule has 9 nitrogen and oxygen atoms in total. The highest BCUT2D eigenvalue weighted by Crippen LogP contribution is 2.31. The third-order valence-electron chi connectivity index (χ3n) is 7.67. The highest BCUT2D eigenvalue weighted by atomic mass is 19.4. The third kappa shape index (κ3) is 8.98. The van der Waals surface area contributed by atoms with Gasteiger partial charge in [0, 0.05) is 36.4 Å². The number of hydrogen-bond donors (Lipinski definition) is 3. The average Bonchev–Trinajstić information content (AvgIpc) is 3.04. The van der Waals surface area contributed by atoms with Crippen molar-refractivity contribution in [2.45, 2.75) is 45.0 Å². The van der Waals surface area contributed by atoms with Gasteiger partial charge in [-0.15, -0.1) is 0 Å². The van der Waals surface area contributed by atoms with E-state index in [9.17, 15) is 32.7 Å². The number of urea groups is 1. The predicted octanol–water partition coefficient (Wildman–Crippen LogP) is 5.20. The Labute approximate surface area is 260 Å². The first-order chi connectivity index (χ1) is 21.3. The van der Waals surface area contributed by atoms with E-state index in [1.165, 1.54) is 24.1 Å². The van der Waals surface area contributed by atoms with Crippen molar-refractivity contribution in [1.82, 2.24) is 9.80 Å². The highest BCUT2D eigenvalue weighted by molar-refractivity contribution is 5.93. The van der Waals surface area contributed by atoms with Crippen LogP contribution < -0.4 is 15.4 Å². The summed E-state index contributed by atoms with van der Waals surface area (Å²) in [6.45, 7) is 3.69. The van der Waals surface area contributed by atoms with E-state index >= 15 is 0 Å². The van der Waals surface area contributed by atoms with E-state index in [4.69, 9.17) is 4.74 Å². The second kappa shape index (κ2) is 14.5. The molecular weight excluding hydrogens is 589 g/mol. The summed E-state index contributed by atoms with van der Waals surface area (Å²) in [5, 5.41) is 15.3. The van der Waals surface area contributed by atoms with Crippen LogP contribution >= 0.6 is 0 Å². The number of hydrogen-bond acceptors (Lipinski definition) is 5. The van der Waals surface area contributed by atoms with Crippen molar-refractivity contribution in [3.05, 3.63) is 89.5 Å². The Hall–Kier alpha value is -4.58.